The standard InChI is InChI=1S/C14H18N2O2/c17-13-3-1-10(2-4-13)5-14(18)16-8-11-6-15-7-12(11)9-16/h1-4,11-12,15,17H,5-9H2/t11-,12+. The molecule has 2 fully saturated rings. The van der Waals surface area contributed by atoms with E-state index in [1.807, 2.05) is 17.0 Å². The third-order valence-corrected chi connectivity index (χ3v) is 4.03. The number of hydrogen-bond donors (Lipinski definition) is 2. The van der Waals surface area contributed by atoms with Crippen molar-refractivity contribution in [3.05, 3.63) is 29.8 Å². The fourth-order valence-corrected chi connectivity index (χ4v) is 2.96. The quantitative estimate of drug-likeness (QED) is 0.804. The fourth-order valence-electron chi connectivity index (χ4n) is 2.96. The molecule has 0 unspecified atom stereocenters. The first-order valence-electron chi connectivity index (χ1n) is 6.49. The second-order valence-corrected chi connectivity index (χ2v) is 5.32. The zero-order valence-electron chi connectivity index (χ0n) is 10.3. The summed E-state index contributed by atoms with van der Waals surface area (Å²) < 4.78 is 0. The first-order chi connectivity index (χ1) is 8.72. The first-order valence-corrected chi connectivity index (χ1v) is 6.49. The molecule has 2 aliphatic rings. The molecular weight excluding hydrogens is 228 g/mol. The Hall–Kier alpha value is -1.55. The second-order valence-electron chi connectivity index (χ2n) is 5.32. The molecule has 1 aromatic rings. The van der Waals surface area contributed by atoms with Crippen molar-refractivity contribution in [3.63, 3.8) is 0 Å². The molecule has 3 rings (SSSR count). The Balaban J connectivity index is 1.60. The van der Waals surface area contributed by atoms with E-state index < -0.39 is 0 Å². The van der Waals surface area contributed by atoms with Gasteiger partial charge in [-0.3, -0.25) is 4.79 Å². The summed E-state index contributed by atoms with van der Waals surface area (Å²) in [5.41, 5.74) is 0.966. The lowest BCUT2D eigenvalue weighted by molar-refractivity contribution is -0.129. The molecule has 0 radical (unpaired) electrons. The first kappa shape index (κ1) is 11.5. The molecule has 4 heteroatoms. The summed E-state index contributed by atoms with van der Waals surface area (Å²) >= 11 is 0. The lowest BCUT2D eigenvalue weighted by Crippen LogP contribution is -2.32. The fraction of sp³-hybridized carbons (Fsp3) is 0.500. The van der Waals surface area contributed by atoms with Gasteiger partial charge in [0.15, 0.2) is 0 Å². The molecule has 1 amide bonds. The van der Waals surface area contributed by atoms with Crippen LogP contribution >= 0.6 is 0 Å². The van der Waals surface area contributed by atoms with Gasteiger partial charge in [0, 0.05) is 26.2 Å². The number of likely N-dealkylation sites (tertiary alicyclic amines) is 1. The molecule has 0 aromatic heterocycles. The summed E-state index contributed by atoms with van der Waals surface area (Å²) in [4.78, 5) is 14.2. The van der Waals surface area contributed by atoms with Crippen LogP contribution in [0.25, 0.3) is 0 Å². The Labute approximate surface area is 107 Å². The zero-order chi connectivity index (χ0) is 12.5. The van der Waals surface area contributed by atoms with Crippen LogP contribution in [0.1, 0.15) is 5.56 Å². The molecule has 18 heavy (non-hydrogen) atoms. The highest BCUT2D eigenvalue weighted by atomic mass is 16.3. The second kappa shape index (κ2) is 4.61. The highest BCUT2D eigenvalue weighted by molar-refractivity contribution is 5.79. The third kappa shape index (κ3) is 2.20. The topological polar surface area (TPSA) is 52.6 Å². The number of phenolic OH excluding ortho intramolecular Hbond substituents is 1. The number of carbonyl (C=O) groups is 1. The van der Waals surface area contributed by atoms with Crippen LogP contribution in [0.2, 0.25) is 0 Å². The molecule has 2 saturated heterocycles. The van der Waals surface area contributed by atoms with Gasteiger partial charge in [-0.15, -0.1) is 0 Å². The molecule has 0 aliphatic carbocycles. The maximum Gasteiger partial charge on any atom is 0.227 e. The number of amides is 1. The lowest BCUT2D eigenvalue weighted by Gasteiger charge is -2.17. The molecule has 2 N–H and O–H groups in total. The monoisotopic (exact) mass is 246 g/mol. The number of carbonyl (C=O) groups excluding carboxylic acids is 1. The van der Waals surface area contributed by atoms with Crippen molar-refractivity contribution in [2.75, 3.05) is 26.2 Å². The number of fused-ring (bicyclic) bond motifs is 1. The lowest BCUT2D eigenvalue weighted by atomic mass is 10.0. The van der Waals surface area contributed by atoms with E-state index in [0.29, 0.717) is 18.3 Å². The van der Waals surface area contributed by atoms with Crippen molar-refractivity contribution < 1.29 is 9.90 Å². The highest BCUT2D eigenvalue weighted by Crippen LogP contribution is 2.26. The van der Waals surface area contributed by atoms with Gasteiger partial charge in [-0.2, -0.15) is 0 Å². The number of nitrogens with one attached hydrogen (secondary N) is 1. The van der Waals surface area contributed by atoms with Crippen LogP contribution in [0.15, 0.2) is 24.3 Å². The minimum Gasteiger partial charge on any atom is -0.508 e. The van der Waals surface area contributed by atoms with Gasteiger partial charge < -0.3 is 15.3 Å². The third-order valence-electron chi connectivity index (χ3n) is 4.03. The zero-order valence-corrected chi connectivity index (χ0v) is 10.3. The molecule has 1 aromatic carbocycles. The number of phenols is 1. The van der Waals surface area contributed by atoms with Gasteiger partial charge in [0.25, 0.3) is 0 Å². The van der Waals surface area contributed by atoms with Gasteiger partial charge in [-0.25, -0.2) is 0 Å². The molecule has 2 aliphatic heterocycles. The van der Waals surface area contributed by atoms with E-state index >= 15 is 0 Å². The van der Waals surface area contributed by atoms with Crippen LogP contribution in [0.3, 0.4) is 0 Å². The van der Waals surface area contributed by atoms with Gasteiger partial charge in [0.05, 0.1) is 6.42 Å². The van der Waals surface area contributed by atoms with Crippen LogP contribution in [-0.2, 0) is 11.2 Å². The summed E-state index contributed by atoms with van der Waals surface area (Å²) in [6.45, 7) is 3.89. The van der Waals surface area contributed by atoms with Gasteiger partial charge >= 0.3 is 0 Å². The molecule has 2 heterocycles. The SMILES string of the molecule is O=C(Cc1ccc(O)cc1)N1C[C@H]2CNC[C@H]2C1. The maximum absolute atomic E-state index is 12.2. The van der Waals surface area contributed by atoms with Crippen LogP contribution in [0.4, 0.5) is 0 Å². The Morgan fingerprint density at radius 3 is 2.44 bits per heavy atom. The number of rotatable bonds is 2. The van der Waals surface area contributed by atoms with Gasteiger partial charge in [-0.1, -0.05) is 12.1 Å². The Morgan fingerprint density at radius 2 is 1.83 bits per heavy atom. The van der Waals surface area contributed by atoms with E-state index in [1.165, 1.54) is 0 Å². The van der Waals surface area contributed by atoms with Crippen molar-refractivity contribution in [1.29, 1.82) is 0 Å². The van der Waals surface area contributed by atoms with Crippen molar-refractivity contribution in [1.82, 2.24) is 10.2 Å². The highest BCUT2D eigenvalue weighted by Gasteiger charge is 2.37. The Morgan fingerprint density at radius 1 is 1.22 bits per heavy atom. The minimum absolute atomic E-state index is 0.204. The van der Waals surface area contributed by atoms with E-state index in [0.717, 1.165) is 31.7 Å². The van der Waals surface area contributed by atoms with Crippen LogP contribution < -0.4 is 5.32 Å². The Kier molecular flexibility index (Phi) is 2.96. The predicted octanol–water partition coefficient (Wildman–Crippen LogP) is 0.612. The van der Waals surface area contributed by atoms with Gasteiger partial charge in [0.1, 0.15) is 5.75 Å². The van der Waals surface area contributed by atoms with Crippen molar-refractivity contribution in [2.24, 2.45) is 11.8 Å². The summed E-state index contributed by atoms with van der Waals surface area (Å²) in [6.07, 6.45) is 0.438. The molecule has 0 bridgehead atoms. The van der Waals surface area contributed by atoms with E-state index in [4.69, 9.17) is 0 Å². The molecular formula is C14H18N2O2. The summed E-state index contributed by atoms with van der Waals surface area (Å²) in [7, 11) is 0. The number of nitrogens with zero attached hydrogens (tertiary/aromatic N) is 1. The minimum atomic E-state index is 0.204. The Bertz CT molecular complexity index is 432. The van der Waals surface area contributed by atoms with Crippen molar-refractivity contribution in [3.8, 4) is 5.75 Å². The summed E-state index contributed by atoms with van der Waals surface area (Å²) in [6, 6.07) is 6.88. The van der Waals surface area contributed by atoms with E-state index in [-0.39, 0.29) is 11.7 Å². The normalized spacial score (nSPS) is 26.3. The van der Waals surface area contributed by atoms with Crippen molar-refractivity contribution >= 4 is 5.91 Å². The number of benzene rings is 1. The largest absolute Gasteiger partial charge is 0.508 e. The van der Waals surface area contributed by atoms with Crippen LogP contribution in [-0.4, -0.2) is 42.1 Å². The average Bonchev–Trinajstić information content (AvgIpc) is 2.92. The van der Waals surface area contributed by atoms with Crippen LogP contribution in [0.5, 0.6) is 5.75 Å². The molecule has 0 spiro atoms. The van der Waals surface area contributed by atoms with Gasteiger partial charge in [0.2, 0.25) is 5.91 Å². The molecule has 2 atom stereocenters. The summed E-state index contributed by atoms with van der Waals surface area (Å²) in [5, 5.41) is 12.6. The predicted molar refractivity (Wildman–Crippen MR) is 68.2 cm³/mol. The summed E-state index contributed by atoms with van der Waals surface area (Å²) in [5.74, 6) is 1.74. The van der Waals surface area contributed by atoms with E-state index in [2.05, 4.69) is 5.32 Å². The van der Waals surface area contributed by atoms with E-state index in [1.54, 1.807) is 12.1 Å². The van der Waals surface area contributed by atoms with Crippen LogP contribution in [0, 0.1) is 11.8 Å². The molecule has 4 nitrogen and oxygen atoms in total. The maximum atomic E-state index is 12.2. The molecule has 96 valence electrons. The molecule has 0 saturated carbocycles. The number of aromatic hydroxyl groups is 1. The van der Waals surface area contributed by atoms with Crippen molar-refractivity contribution in [2.45, 2.75) is 6.42 Å². The van der Waals surface area contributed by atoms with E-state index in [9.17, 15) is 9.90 Å². The number of hydrogen-bond acceptors (Lipinski definition) is 3. The smallest absolute Gasteiger partial charge is 0.227 e. The average molecular weight is 246 g/mol. The van der Waals surface area contributed by atoms with Gasteiger partial charge in [-0.05, 0) is 29.5 Å².